The van der Waals surface area contributed by atoms with E-state index in [2.05, 4.69) is 21.7 Å². The molecule has 0 heterocycles. The number of hydrogen-bond donors (Lipinski definition) is 6. The van der Waals surface area contributed by atoms with Crippen molar-refractivity contribution in [3.8, 4) is 0 Å². The molecule has 0 aliphatic heterocycles. The fraction of sp³-hybridized carbons (Fsp3) is 1.00. The molecular weight excluding hydrogens is 403 g/mol. The number of nitrogens with one attached hydrogen (secondary N) is 1. The lowest BCUT2D eigenvalue weighted by atomic mass is 9.88. The molecule has 0 amide bonds. The Morgan fingerprint density at radius 1 is 1.08 bits per heavy atom. The van der Waals surface area contributed by atoms with E-state index in [0.29, 0.717) is 0 Å². The summed E-state index contributed by atoms with van der Waals surface area (Å²) in [5.74, 6) is -0.541. The molecule has 0 saturated heterocycles. The van der Waals surface area contributed by atoms with Gasteiger partial charge in [0.05, 0.1) is 19.8 Å². The molecule has 0 saturated carbocycles. The van der Waals surface area contributed by atoms with Gasteiger partial charge in [-0.15, -0.1) is 17.1 Å². The molecule has 0 aromatic carbocycles. The molecule has 3 unspecified atom stereocenters. The molecule has 14 heteroatoms. The highest BCUT2D eigenvalue weighted by Crippen LogP contribution is 2.45. The largest absolute Gasteiger partial charge is 0.472 e. The van der Waals surface area contributed by atoms with Gasteiger partial charge in [-0.2, -0.15) is 5.54 Å². The van der Waals surface area contributed by atoms with E-state index in [-0.39, 0.29) is 19.4 Å². The summed E-state index contributed by atoms with van der Waals surface area (Å²) in [6.45, 7) is 2.98. The SMILES string of the molecule is CC(O)(S)CC(COP(=O)(O)OCCOP(=O)(O)O)CC(C)(C)NF. The highest BCUT2D eigenvalue weighted by molar-refractivity contribution is 7.81. The van der Waals surface area contributed by atoms with Crippen LogP contribution >= 0.6 is 28.3 Å². The summed E-state index contributed by atoms with van der Waals surface area (Å²) in [5, 5.41) is 9.78. The number of hydrogen-bond acceptors (Lipinski definition) is 8. The molecule has 5 N–H and O–H groups in total. The molecular formula is C11H26FNO9P2S. The van der Waals surface area contributed by atoms with Crippen molar-refractivity contribution in [1.29, 1.82) is 0 Å². The number of halogens is 1. The maximum atomic E-state index is 12.8. The highest BCUT2D eigenvalue weighted by atomic mass is 32.1. The summed E-state index contributed by atoms with van der Waals surface area (Å²) >= 11 is 3.97. The fourth-order valence-corrected chi connectivity index (χ4v) is 3.39. The minimum absolute atomic E-state index is 0.0442. The van der Waals surface area contributed by atoms with Gasteiger partial charge in [-0.1, -0.05) is 0 Å². The van der Waals surface area contributed by atoms with Gasteiger partial charge in [0, 0.05) is 5.54 Å². The fourth-order valence-electron chi connectivity index (χ4n) is 2.04. The van der Waals surface area contributed by atoms with Crippen LogP contribution in [0.5, 0.6) is 0 Å². The van der Waals surface area contributed by atoms with Gasteiger partial charge < -0.3 is 19.8 Å². The molecule has 0 radical (unpaired) electrons. The first kappa shape index (κ1) is 25.4. The van der Waals surface area contributed by atoms with Crippen molar-refractivity contribution in [2.75, 3.05) is 19.8 Å². The van der Waals surface area contributed by atoms with Crippen LogP contribution in [0.1, 0.15) is 33.6 Å². The minimum atomic E-state index is -4.70. The Balaban J connectivity index is 4.58. The molecule has 0 aliphatic rings. The lowest BCUT2D eigenvalue weighted by Gasteiger charge is -2.30. The van der Waals surface area contributed by atoms with E-state index in [4.69, 9.17) is 14.3 Å². The first-order valence-corrected chi connectivity index (χ1v) is 10.7. The molecule has 10 nitrogen and oxygen atoms in total. The van der Waals surface area contributed by atoms with E-state index in [1.165, 1.54) is 6.92 Å². The van der Waals surface area contributed by atoms with E-state index >= 15 is 0 Å². The van der Waals surface area contributed by atoms with Crippen LogP contribution in [0.25, 0.3) is 0 Å². The molecule has 0 bridgehead atoms. The first-order valence-electron chi connectivity index (χ1n) is 7.20. The van der Waals surface area contributed by atoms with Crippen LogP contribution in [0, 0.1) is 5.92 Å². The standard InChI is InChI=1S/C11H26FNO9P2S/c1-10(2,13-12)6-9(7-11(3,14)25)8-22-24(18,19)21-5-4-20-23(15,16)17/h9,13-14,25H,4-8H2,1-3H3,(H,18,19)(H2,15,16,17). The third-order valence-corrected chi connectivity index (χ3v) is 4.49. The zero-order valence-electron chi connectivity index (χ0n) is 14.2. The number of thiol groups is 1. The molecule has 0 spiro atoms. The van der Waals surface area contributed by atoms with Crippen molar-refractivity contribution in [2.24, 2.45) is 5.92 Å². The zero-order valence-corrected chi connectivity index (χ0v) is 16.8. The lowest BCUT2D eigenvalue weighted by Crippen LogP contribution is -2.38. The zero-order chi connectivity index (χ0) is 19.9. The number of phosphoric ester groups is 2. The Morgan fingerprint density at radius 3 is 2.04 bits per heavy atom. The summed E-state index contributed by atoms with van der Waals surface area (Å²) in [6.07, 6.45) is 0.198. The minimum Gasteiger partial charge on any atom is -0.380 e. The van der Waals surface area contributed by atoms with Crippen molar-refractivity contribution < 1.29 is 47.0 Å². The van der Waals surface area contributed by atoms with Gasteiger partial charge in [0.1, 0.15) is 4.93 Å². The molecule has 0 aliphatic carbocycles. The quantitative estimate of drug-likeness (QED) is 0.0834. The maximum Gasteiger partial charge on any atom is 0.472 e. The normalized spacial score (nSPS) is 19.2. The van der Waals surface area contributed by atoms with Crippen LogP contribution in [0.15, 0.2) is 0 Å². The first-order chi connectivity index (χ1) is 11.1. The van der Waals surface area contributed by atoms with E-state index in [0.717, 1.165) is 0 Å². The predicted octanol–water partition coefficient (Wildman–Crippen LogP) is 1.52. The van der Waals surface area contributed by atoms with Gasteiger partial charge in [0.2, 0.25) is 0 Å². The molecule has 0 aromatic rings. The third-order valence-electron chi connectivity index (χ3n) is 2.80. The van der Waals surface area contributed by atoms with Crippen LogP contribution in [0.4, 0.5) is 4.48 Å². The Kier molecular flexibility index (Phi) is 10.3. The summed E-state index contributed by atoms with van der Waals surface area (Å²) in [5.41, 5.74) is 0.628. The van der Waals surface area contributed by atoms with Crippen LogP contribution in [0.2, 0.25) is 0 Å². The van der Waals surface area contributed by atoms with E-state index in [1.54, 1.807) is 19.4 Å². The van der Waals surface area contributed by atoms with Crippen molar-refractivity contribution in [1.82, 2.24) is 5.54 Å². The molecule has 0 aromatic heterocycles. The van der Waals surface area contributed by atoms with Crippen molar-refractivity contribution in [2.45, 2.75) is 44.1 Å². The van der Waals surface area contributed by atoms with E-state index in [9.17, 15) is 23.6 Å². The number of phosphoric acid groups is 2. The average molecular weight is 429 g/mol. The Labute approximate surface area is 151 Å². The summed E-state index contributed by atoms with van der Waals surface area (Å²) < 4.78 is 48.3. The van der Waals surface area contributed by atoms with Gasteiger partial charge in [-0.25, -0.2) is 9.13 Å². The number of aliphatic hydroxyl groups is 1. The summed E-state index contributed by atoms with van der Waals surface area (Å²) in [7, 11) is -9.22. The lowest BCUT2D eigenvalue weighted by molar-refractivity contribution is 0.0626. The molecule has 0 rings (SSSR count). The van der Waals surface area contributed by atoms with Gasteiger partial charge >= 0.3 is 15.6 Å². The van der Waals surface area contributed by atoms with Gasteiger partial charge in [-0.3, -0.25) is 13.6 Å². The Bertz CT molecular complexity index is 496. The second kappa shape index (κ2) is 10.1. The van der Waals surface area contributed by atoms with Crippen LogP contribution < -0.4 is 5.54 Å². The van der Waals surface area contributed by atoms with Crippen molar-refractivity contribution in [3.05, 3.63) is 0 Å². The monoisotopic (exact) mass is 429 g/mol. The number of rotatable bonds is 13. The Hall–Kier alpha value is 0.420. The molecule has 3 atom stereocenters. The second-order valence-corrected chi connectivity index (χ2v) is 10.0. The highest BCUT2D eigenvalue weighted by Gasteiger charge is 2.31. The van der Waals surface area contributed by atoms with Crippen LogP contribution in [0.3, 0.4) is 0 Å². The smallest absolute Gasteiger partial charge is 0.380 e. The van der Waals surface area contributed by atoms with Crippen LogP contribution in [-0.4, -0.2) is 50.1 Å². The van der Waals surface area contributed by atoms with Gasteiger partial charge in [0.15, 0.2) is 0 Å². The van der Waals surface area contributed by atoms with E-state index < -0.39 is 45.2 Å². The summed E-state index contributed by atoms with van der Waals surface area (Å²) in [4.78, 5) is 25.1. The van der Waals surface area contributed by atoms with Crippen LogP contribution in [-0.2, 0) is 22.7 Å². The van der Waals surface area contributed by atoms with Crippen molar-refractivity contribution >= 4 is 28.3 Å². The predicted molar refractivity (Wildman–Crippen MR) is 90.4 cm³/mol. The third kappa shape index (κ3) is 15.2. The molecule has 0 fully saturated rings. The second-order valence-electron chi connectivity index (χ2n) is 6.39. The molecule has 25 heavy (non-hydrogen) atoms. The van der Waals surface area contributed by atoms with Gasteiger partial charge in [0.25, 0.3) is 0 Å². The molecule has 152 valence electrons. The average Bonchev–Trinajstić information content (AvgIpc) is 2.38. The summed E-state index contributed by atoms with van der Waals surface area (Å²) in [6, 6.07) is 0. The van der Waals surface area contributed by atoms with Gasteiger partial charge in [-0.05, 0) is 39.5 Å². The topological polar surface area (TPSA) is 155 Å². The Morgan fingerprint density at radius 2 is 1.60 bits per heavy atom. The maximum absolute atomic E-state index is 12.8. The van der Waals surface area contributed by atoms with E-state index in [1.807, 2.05) is 0 Å². The van der Waals surface area contributed by atoms with Crippen molar-refractivity contribution in [3.63, 3.8) is 0 Å².